The van der Waals surface area contributed by atoms with Crippen LogP contribution in [0.25, 0.3) is 0 Å². The van der Waals surface area contributed by atoms with Crippen molar-refractivity contribution in [2.24, 2.45) is 0 Å². The van der Waals surface area contributed by atoms with Crippen LogP contribution in [-0.2, 0) is 9.53 Å². The highest BCUT2D eigenvalue weighted by molar-refractivity contribution is 5.76. The van der Waals surface area contributed by atoms with Crippen molar-refractivity contribution in [2.75, 3.05) is 19.7 Å². The second kappa shape index (κ2) is 6.77. The Morgan fingerprint density at radius 1 is 1.32 bits per heavy atom. The summed E-state index contributed by atoms with van der Waals surface area (Å²) >= 11 is 0. The number of nitrogens with zero attached hydrogens (tertiary/aromatic N) is 4. The lowest BCUT2D eigenvalue weighted by atomic mass is 10.0. The minimum atomic E-state index is 0.259. The molecule has 3 heterocycles. The van der Waals surface area contributed by atoms with Crippen molar-refractivity contribution in [3.05, 3.63) is 11.6 Å². The number of aromatic nitrogens is 3. The largest absolute Gasteiger partial charge is 0.378 e. The third-order valence-corrected chi connectivity index (χ3v) is 4.71. The van der Waals surface area contributed by atoms with Gasteiger partial charge in [-0.2, -0.15) is 5.10 Å². The smallest absolute Gasteiger partial charge is 0.222 e. The number of amides is 1. The van der Waals surface area contributed by atoms with Crippen LogP contribution in [0.3, 0.4) is 0 Å². The zero-order valence-electron chi connectivity index (χ0n) is 13.6. The molecule has 0 saturated carbocycles. The number of aryl methyl sites for hydroxylation is 2. The lowest BCUT2D eigenvalue weighted by Gasteiger charge is -2.33. The Balaban J connectivity index is 1.55. The number of likely N-dealkylation sites (tertiary alicyclic amines) is 1. The molecule has 2 aliphatic rings. The minimum Gasteiger partial charge on any atom is -0.378 e. The summed E-state index contributed by atoms with van der Waals surface area (Å²) in [5.74, 6) is 2.00. The predicted octanol–water partition coefficient (Wildman–Crippen LogP) is 2.02. The van der Waals surface area contributed by atoms with Gasteiger partial charge in [0.1, 0.15) is 11.6 Å². The summed E-state index contributed by atoms with van der Waals surface area (Å²) in [5, 5.41) is 4.48. The van der Waals surface area contributed by atoms with Gasteiger partial charge in [-0.1, -0.05) is 0 Å². The number of rotatable bonds is 4. The van der Waals surface area contributed by atoms with Gasteiger partial charge in [-0.25, -0.2) is 9.67 Å². The van der Waals surface area contributed by atoms with E-state index < -0.39 is 0 Å². The normalized spacial score (nSPS) is 25.6. The van der Waals surface area contributed by atoms with Crippen LogP contribution in [0.2, 0.25) is 0 Å². The lowest BCUT2D eigenvalue weighted by Crippen LogP contribution is -2.41. The predicted molar refractivity (Wildman–Crippen MR) is 82.6 cm³/mol. The molecular formula is C16H26N4O2. The monoisotopic (exact) mass is 306 g/mol. The zero-order valence-corrected chi connectivity index (χ0v) is 13.6. The molecule has 2 saturated heterocycles. The Kier molecular flexibility index (Phi) is 4.76. The van der Waals surface area contributed by atoms with Gasteiger partial charge in [-0.15, -0.1) is 0 Å². The maximum atomic E-state index is 12.4. The molecule has 0 aromatic carbocycles. The molecule has 6 heteroatoms. The SMILES string of the molecule is Cc1nc(C)n(C2CCCN(C(=O)CCC3CCCO3)C2)n1. The number of hydrogen-bond acceptors (Lipinski definition) is 4. The second-order valence-corrected chi connectivity index (χ2v) is 6.46. The quantitative estimate of drug-likeness (QED) is 0.854. The van der Waals surface area contributed by atoms with E-state index in [4.69, 9.17) is 4.74 Å². The van der Waals surface area contributed by atoms with E-state index in [-0.39, 0.29) is 11.9 Å². The number of ether oxygens (including phenoxy) is 1. The van der Waals surface area contributed by atoms with Gasteiger partial charge >= 0.3 is 0 Å². The summed E-state index contributed by atoms with van der Waals surface area (Å²) in [7, 11) is 0. The third kappa shape index (κ3) is 3.48. The van der Waals surface area contributed by atoms with Gasteiger partial charge in [0, 0.05) is 26.1 Å². The Morgan fingerprint density at radius 2 is 2.18 bits per heavy atom. The highest BCUT2D eigenvalue weighted by Gasteiger charge is 2.27. The molecule has 122 valence electrons. The number of hydrogen-bond donors (Lipinski definition) is 0. The molecule has 0 N–H and O–H groups in total. The van der Waals surface area contributed by atoms with Gasteiger partial charge in [0.15, 0.2) is 0 Å². The van der Waals surface area contributed by atoms with Crippen molar-refractivity contribution in [1.82, 2.24) is 19.7 Å². The molecule has 2 atom stereocenters. The van der Waals surface area contributed by atoms with Crippen molar-refractivity contribution in [3.63, 3.8) is 0 Å². The molecular weight excluding hydrogens is 280 g/mol. The third-order valence-electron chi connectivity index (χ3n) is 4.71. The van der Waals surface area contributed by atoms with Crippen LogP contribution in [0.4, 0.5) is 0 Å². The fourth-order valence-electron chi connectivity index (χ4n) is 3.58. The summed E-state index contributed by atoms with van der Waals surface area (Å²) in [6.45, 7) is 6.38. The summed E-state index contributed by atoms with van der Waals surface area (Å²) in [4.78, 5) is 18.8. The van der Waals surface area contributed by atoms with Crippen LogP contribution in [0.1, 0.15) is 56.2 Å². The van der Waals surface area contributed by atoms with E-state index >= 15 is 0 Å². The minimum absolute atomic E-state index is 0.259. The Morgan fingerprint density at radius 3 is 2.86 bits per heavy atom. The Hall–Kier alpha value is -1.43. The fraction of sp³-hybridized carbons (Fsp3) is 0.812. The van der Waals surface area contributed by atoms with E-state index in [0.29, 0.717) is 12.5 Å². The van der Waals surface area contributed by atoms with E-state index in [1.54, 1.807) is 0 Å². The lowest BCUT2D eigenvalue weighted by molar-refractivity contribution is -0.133. The number of carbonyl (C=O) groups excluding carboxylic acids is 1. The molecule has 6 nitrogen and oxygen atoms in total. The topological polar surface area (TPSA) is 60.2 Å². The molecule has 0 spiro atoms. The first-order valence-electron chi connectivity index (χ1n) is 8.42. The van der Waals surface area contributed by atoms with Gasteiger partial charge in [0.2, 0.25) is 5.91 Å². The standard InChI is InChI=1S/C16H26N4O2/c1-12-17-13(2)20(18-12)14-5-3-9-19(11-14)16(21)8-7-15-6-4-10-22-15/h14-15H,3-11H2,1-2H3. The second-order valence-electron chi connectivity index (χ2n) is 6.46. The molecule has 22 heavy (non-hydrogen) atoms. The van der Waals surface area contributed by atoms with Crippen LogP contribution in [0.15, 0.2) is 0 Å². The number of piperidine rings is 1. The summed E-state index contributed by atoms with van der Waals surface area (Å²) in [5.41, 5.74) is 0. The first kappa shape index (κ1) is 15.5. The van der Waals surface area contributed by atoms with Crippen LogP contribution < -0.4 is 0 Å². The van der Waals surface area contributed by atoms with Gasteiger partial charge < -0.3 is 9.64 Å². The maximum absolute atomic E-state index is 12.4. The molecule has 1 aromatic heterocycles. The zero-order chi connectivity index (χ0) is 15.5. The molecule has 0 radical (unpaired) electrons. The molecule has 1 amide bonds. The highest BCUT2D eigenvalue weighted by atomic mass is 16.5. The average Bonchev–Trinajstić information content (AvgIpc) is 3.14. The molecule has 2 fully saturated rings. The highest BCUT2D eigenvalue weighted by Crippen LogP contribution is 2.24. The van der Waals surface area contributed by atoms with Crippen molar-refractivity contribution in [1.29, 1.82) is 0 Å². The van der Waals surface area contributed by atoms with Gasteiger partial charge in [-0.3, -0.25) is 4.79 Å². The van der Waals surface area contributed by atoms with E-state index in [1.165, 1.54) is 0 Å². The number of carbonyl (C=O) groups is 1. The van der Waals surface area contributed by atoms with Gasteiger partial charge in [0.05, 0.1) is 12.1 Å². The molecule has 2 unspecified atom stereocenters. The van der Waals surface area contributed by atoms with Crippen molar-refractivity contribution in [2.45, 2.75) is 64.5 Å². The first-order valence-corrected chi connectivity index (χ1v) is 8.42. The van der Waals surface area contributed by atoms with Crippen molar-refractivity contribution < 1.29 is 9.53 Å². The fourth-order valence-corrected chi connectivity index (χ4v) is 3.58. The van der Waals surface area contributed by atoms with E-state index in [2.05, 4.69) is 10.1 Å². The van der Waals surface area contributed by atoms with Gasteiger partial charge in [-0.05, 0) is 46.0 Å². The van der Waals surface area contributed by atoms with Crippen LogP contribution >= 0.6 is 0 Å². The van der Waals surface area contributed by atoms with E-state index in [0.717, 1.165) is 63.4 Å². The average molecular weight is 306 g/mol. The van der Waals surface area contributed by atoms with Crippen molar-refractivity contribution in [3.8, 4) is 0 Å². The summed E-state index contributed by atoms with van der Waals surface area (Å²) in [6, 6.07) is 0.265. The van der Waals surface area contributed by atoms with E-state index in [9.17, 15) is 4.79 Å². The van der Waals surface area contributed by atoms with E-state index in [1.807, 2.05) is 23.4 Å². The molecule has 0 aliphatic carbocycles. The molecule has 0 bridgehead atoms. The Bertz CT molecular complexity index is 522. The van der Waals surface area contributed by atoms with Gasteiger partial charge in [0.25, 0.3) is 0 Å². The van der Waals surface area contributed by atoms with Crippen LogP contribution in [0, 0.1) is 13.8 Å². The summed E-state index contributed by atoms with van der Waals surface area (Å²) in [6.07, 6.45) is 6.11. The van der Waals surface area contributed by atoms with Crippen LogP contribution in [-0.4, -0.2) is 51.4 Å². The van der Waals surface area contributed by atoms with Crippen molar-refractivity contribution >= 4 is 5.91 Å². The molecule has 2 aliphatic heterocycles. The summed E-state index contributed by atoms with van der Waals surface area (Å²) < 4.78 is 7.60. The molecule has 1 aromatic rings. The Labute approximate surface area is 131 Å². The first-order chi connectivity index (χ1) is 10.6. The maximum Gasteiger partial charge on any atom is 0.222 e. The van der Waals surface area contributed by atoms with Crippen LogP contribution in [0.5, 0.6) is 0 Å². The molecule has 3 rings (SSSR count).